The van der Waals surface area contributed by atoms with E-state index in [4.69, 9.17) is 0 Å². The minimum atomic E-state index is -0.0907. The Hall–Kier alpha value is -0.160. The van der Waals surface area contributed by atoms with Gasteiger partial charge in [0.05, 0.1) is 12.1 Å². The molecule has 0 aromatic heterocycles. The molecule has 0 saturated heterocycles. The summed E-state index contributed by atoms with van der Waals surface area (Å²) in [5.74, 6) is 0.652. The van der Waals surface area contributed by atoms with Crippen molar-refractivity contribution in [1.82, 2.24) is 15.1 Å². The maximum Gasteiger partial charge on any atom is 0.0628 e. The van der Waals surface area contributed by atoms with Gasteiger partial charge in [-0.25, -0.2) is 0 Å². The van der Waals surface area contributed by atoms with Crippen LogP contribution in [0.3, 0.4) is 0 Å². The van der Waals surface area contributed by atoms with Crippen molar-refractivity contribution in [3.8, 4) is 0 Å². The topological polar surface area (TPSA) is 38.7 Å². The molecule has 2 N–H and O–H groups in total. The Bertz CT molecular complexity index is 268. The van der Waals surface area contributed by atoms with Gasteiger partial charge in [-0.2, -0.15) is 0 Å². The molecule has 0 aliphatic heterocycles. The van der Waals surface area contributed by atoms with Crippen LogP contribution >= 0.6 is 0 Å². The molecule has 1 saturated carbocycles. The minimum Gasteiger partial charge on any atom is -0.394 e. The molecule has 0 aromatic rings. The summed E-state index contributed by atoms with van der Waals surface area (Å²) >= 11 is 0. The van der Waals surface area contributed by atoms with Crippen LogP contribution in [0.1, 0.15) is 40.0 Å². The Morgan fingerprint density at radius 1 is 1.30 bits per heavy atom. The zero-order valence-corrected chi connectivity index (χ0v) is 14.2. The average molecular weight is 285 g/mol. The quantitative estimate of drug-likeness (QED) is 0.602. The predicted molar refractivity (Wildman–Crippen MR) is 86.1 cm³/mol. The van der Waals surface area contributed by atoms with Crippen LogP contribution in [0.2, 0.25) is 0 Å². The standard InChI is InChI=1S/C16H35N3O/c1-6-10-17-16(13-20,15-8-9-15)12-19(7-2)14(3)11-18(4)5/h14-15,17,20H,6-13H2,1-5H3. The lowest BCUT2D eigenvalue weighted by Gasteiger charge is -2.41. The molecule has 1 aliphatic rings. The Kier molecular flexibility index (Phi) is 7.45. The van der Waals surface area contributed by atoms with E-state index in [9.17, 15) is 5.11 Å². The van der Waals surface area contributed by atoms with Gasteiger partial charge in [-0.3, -0.25) is 4.90 Å². The van der Waals surface area contributed by atoms with Crippen molar-refractivity contribution in [2.75, 3.05) is 46.9 Å². The highest BCUT2D eigenvalue weighted by Crippen LogP contribution is 2.40. The van der Waals surface area contributed by atoms with Gasteiger partial charge in [0.1, 0.15) is 0 Å². The van der Waals surface area contributed by atoms with Crippen molar-refractivity contribution in [1.29, 1.82) is 0 Å². The van der Waals surface area contributed by atoms with E-state index < -0.39 is 0 Å². The zero-order valence-electron chi connectivity index (χ0n) is 14.2. The lowest BCUT2D eigenvalue weighted by Crippen LogP contribution is -2.60. The van der Waals surface area contributed by atoms with Crippen LogP contribution in [0.4, 0.5) is 0 Å². The number of hydrogen-bond acceptors (Lipinski definition) is 4. The second-order valence-electron chi connectivity index (χ2n) is 6.69. The van der Waals surface area contributed by atoms with Gasteiger partial charge in [-0.05, 0) is 59.3 Å². The van der Waals surface area contributed by atoms with E-state index in [0.29, 0.717) is 12.0 Å². The highest BCUT2D eigenvalue weighted by molar-refractivity contribution is 5.03. The molecule has 4 heteroatoms. The predicted octanol–water partition coefficient (Wildman–Crippen LogP) is 1.40. The molecule has 120 valence electrons. The van der Waals surface area contributed by atoms with Crippen molar-refractivity contribution >= 4 is 0 Å². The third-order valence-corrected chi connectivity index (χ3v) is 4.51. The summed E-state index contributed by atoms with van der Waals surface area (Å²) in [6, 6.07) is 0.517. The first kappa shape index (κ1) is 17.9. The van der Waals surface area contributed by atoms with Crippen molar-refractivity contribution in [3.63, 3.8) is 0 Å². The first-order valence-corrected chi connectivity index (χ1v) is 8.23. The Labute approximate surface area is 125 Å². The lowest BCUT2D eigenvalue weighted by atomic mass is 9.92. The molecule has 20 heavy (non-hydrogen) atoms. The second kappa shape index (κ2) is 8.32. The number of likely N-dealkylation sites (N-methyl/N-ethyl adjacent to an activating group) is 2. The molecule has 1 rings (SSSR count). The summed E-state index contributed by atoms with van der Waals surface area (Å²) < 4.78 is 0. The summed E-state index contributed by atoms with van der Waals surface area (Å²) in [5, 5.41) is 13.7. The van der Waals surface area contributed by atoms with E-state index in [1.807, 2.05) is 0 Å². The van der Waals surface area contributed by atoms with Gasteiger partial charge < -0.3 is 15.3 Å². The first-order valence-electron chi connectivity index (χ1n) is 8.23. The Balaban J connectivity index is 2.69. The van der Waals surface area contributed by atoms with Crippen molar-refractivity contribution in [3.05, 3.63) is 0 Å². The highest BCUT2D eigenvalue weighted by atomic mass is 16.3. The Morgan fingerprint density at radius 2 is 1.95 bits per heavy atom. The molecule has 4 nitrogen and oxygen atoms in total. The molecule has 0 heterocycles. The van der Waals surface area contributed by atoms with Gasteiger partial charge in [0.15, 0.2) is 0 Å². The fraction of sp³-hybridized carbons (Fsp3) is 1.00. The maximum atomic E-state index is 10.0. The maximum absolute atomic E-state index is 10.0. The van der Waals surface area contributed by atoms with Gasteiger partial charge >= 0.3 is 0 Å². The van der Waals surface area contributed by atoms with Crippen LogP contribution in [0.5, 0.6) is 0 Å². The summed E-state index contributed by atoms with van der Waals surface area (Å²) in [6.45, 7) is 11.0. The molecule has 2 atom stereocenters. The van der Waals surface area contributed by atoms with Crippen molar-refractivity contribution in [2.24, 2.45) is 5.92 Å². The van der Waals surface area contributed by atoms with Crippen molar-refractivity contribution in [2.45, 2.75) is 51.6 Å². The molecular formula is C16H35N3O. The lowest BCUT2D eigenvalue weighted by molar-refractivity contribution is 0.0696. The van der Waals surface area contributed by atoms with Gasteiger partial charge in [0, 0.05) is 19.1 Å². The van der Waals surface area contributed by atoms with E-state index in [1.54, 1.807) is 0 Å². The Morgan fingerprint density at radius 3 is 2.35 bits per heavy atom. The summed E-state index contributed by atoms with van der Waals surface area (Å²) in [6.07, 6.45) is 3.64. The molecule has 0 amide bonds. The summed E-state index contributed by atoms with van der Waals surface area (Å²) in [5.41, 5.74) is -0.0907. The van der Waals surface area contributed by atoms with Gasteiger partial charge in [-0.15, -0.1) is 0 Å². The third-order valence-electron chi connectivity index (χ3n) is 4.51. The average Bonchev–Trinajstić information content (AvgIpc) is 3.23. The summed E-state index contributed by atoms with van der Waals surface area (Å²) in [7, 11) is 4.25. The highest BCUT2D eigenvalue weighted by Gasteiger charge is 2.45. The smallest absolute Gasteiger partial charge is 0.0628 e. The molecule has 0 aromatic carbocycles. The zero-order chi connectivity index (χ0) is 15.2. The van der Waals surface area contributed by atoms with Crippen LogP contribution in [-0.4, -0.2) is 73.4 Å². The molecule has 2 unspecified atom stereocenters. The van der Waals surface area contributed by atoms with E-state index in [-0.39, 0.29) is 12.1 Å². The van der Waals surface area contributed by atoms with Crippen LogP contribution in [0.15, 0.2) is 0 Å². The molecular weight excluding hydrogens is 250 g/mol. The number of nitrogens with zero attached hydrogens (tertiary/aromatic N) is 2. The minimum absolute atomic E-state index is 0.0907. The number of nitrogens with one attached hydrogen (secondary N) is 1. The van der Waals surface area contributed by atoms with Crippen LogP contribution < -0.4 is 5.32 Å². The molecule has 0 bridgehead atoms. The van der Waals surface area contributed by atoms with Gasteiger partial charge in [0.25, 0.3) is 0 Å². The monoisotopic (exact) mass is 285 g/mol. The van der Waals surface area contributed by atoms with E-state index in [1.165, 1.54) is 12.8 Å². The van der Waals surface area contributed by atoms with Gasteiger partial charge in [0.2, 0.25) is 0 Å². The second-order valence-corrected chi connectivity index (χ2v) is 6.69. The molecule has 1 fully saturated rings. The fourth-order valence-corrected chi connectivity index (χ4v) is 3.16. The SMILES string of the molecule is CCCNC(CO)(CN(CC)C(C)CN(C)C)C1CC1. The van der Waals surface area contributed by atoms with E-state index in [0.717, 1.165) is 32.6 Å². The van der Waals surface area contributed by atoms with E-state index in [2.05, 4.69) is 50.0 Å². The largest absolute Gasteiger partial charge is 0.394 e. The normalized spacial score (nSPS) is 20.4. The number of hydrogen-bond donors (Lipinski definition) is 2. The summed E-state index contributed by atoms with van der Waals surface area (Å²) in [4.78, 5) is 4.75. The van der Waals surface area contributed by atoms with Crippen molar-refractivity contribution < 1.29 is 5.11 Å². The fourth-order valence-electron chi connectivity index (χ4n) is 3.16. The molecule has 1 aliphatic carbocycles. The van der Waals surface area contributed by atoms with Crippen LogP contribution in [-0.2, 0) is 0 Å². The number of rotatable bonds is 11. The number of aliphatic hydroxyl groups is 1. The van der Waals surface area contributed by atoms with E-state index >= 15 is 0 Å². The molecule has 0 spiro atoms. The van der Waals surface area contributed by atoms with Gasteiger partial charge in [-0.1, -0.05) is 13.8 Å². The number of aliphatic hydroxyl groups excluding tert-OH is 1. The van der Waals surface area contributed by atoms with Crippen LogP contribution in [0.25, 0.3) is 0 Å². The third kappa shape index (κ3) is 4.99. The molecule has 0 radical (unpaired) electrons. The van der Waals surface area contributed by atoms with Crippen LogP contribution in [0, 0.1) is 5.92 Å². The first-order chi connectivity index (χ1) is 9.49.